The molecule has 0 bridgehead atoms. The maximum Gasteiger partial charge on any atom is 0.266 e. The number of benzene rings is 2. The Morgan fingerprint density at radius 1 is 1.08 bits per heavy atom. The summed E-state index contributed by atoms with van der Waals surface area (Å²) in [5.41, 5.74) is 1.01. The SMILES string of the molecule is CCOc1ccc(OCC)c(-n2c(CCl)nc3ccccc3c2=O)c1. The van der Waals surface area contributed by atoms with E-state index in [0.29, 0.717) is 47.1 Å². The smallest absolute Gasteiger partial charge is 0.266 e. The van der Waals surface area contributed by atoms with Crippen molar-refractivity contribution in [3.05, 3.63) is 58.6 Å². The van der Waals surface area contributed by atoms with Crippen LogP contribution in [-0.2, 0) is 5.88 Å². The van der Waals surface area contributed by atoms with Gasteiger partial charge in [0.25, 0.3) is 5.56 Å². The summed E-state index contributed by atoms with van der Waals surface area (Å²) in [6.45, 7) is 4.81. The Labute approximate surface area is 150 Å². The fraction of sp³-hybridized carbons (Fsp3) is 0.263. The van der Waals surface area contributed by atoms with Gasteiger partial charge in [0.15, 0.2) is 0 Å². The van der Waals surface area contributed by atoms with E-state index in [0.717, 1.165) is 0 Å². The molecule has 3 aromatic rings. The van der Waals surface area contributed by atoms with Gasteiger partial charge in [-0.1, -0.05) is 12.1 Å². The molecule has 0 unspecified atom stereocenters. The van der Waals surface area contributed by atoms with Gasteiger partial charge in [0.2, 0.25) is 0 Å². The first kappa shape index (κ1) is 17.3. The molecule has 6 heteroatoms. The number of ether oxygens (including phenoxy) is 2. The Bertz CT molecular complexity index is 953. The van der Waals surface area contributed by atoms with Crippen LogP contribution in [0.3, 0.4) is 0 Å². The van der Waals surface area contributed by atoms with E-state index < -0.39 is 0 Å². The number of rotatable bonds is 6. The van der Waals surface area contributed by atoms with Gasteiger partial charge in [0, 0.05) is 6.07 Å². The zero-order valence-electron chi connectivity index (χ0n) is 14.2. The van der Waals surface area contributed by atoms with E-state index in [-0.39, 0.29) is 11.4 Å². The molecule has 0 radical (unpaired) electrons. The first-order valence-corrected chi connectivity index (χ1v) is 8.69. The molecule has 0 atom stereocenters. The van der Waals surface area contributed by atoms with Crippen molar-refractivity contribution in [3.8, 4) is 17.2 Å². The summed E-state index contributed by atoms with van der Waals surface area (Å²) in [7, 11) is 0. The summed E-state index contributed by atoms with van der Waals surface area (Å²) in [6, 6.07) is 12.6. The highest BCUT2D eigenvalue weighted by atomic mass is 35.5. The molecule has 0 fully saturated rings. The lowest BCUT2D eigenvalue weighted by molar-refractivity contribution is 0.329. The van der Waals surface area contributed by atoms with E-state index in [2.05, 4.69) is 4.98 Å². The Kier molecular flexibility index (Phi) is 5.24. The third kappa shape index (κ3) is 3.33. The molecule has 0 aliphatic carbocycles. The lowest BCUT2D eigenvalue weighted by Crippen LogP contribution is -2.24. The van der Waals surface area contributed by atoms with Crippen molar-refractivity contribution in [3.63, 3.8) is 0 Å². The Morgan fingerprint density at radius 2 is 1.84 bits per heavy atom. The van der Waals surface area contributed by atoms with Crippen molar-refractivity contribution in [1.82, 2.24) is 9.55 Å². The highest BCUT2D eigenvalue weighted by molar-refractivity contribution is 6.16. The van der Waals surface area contributed by atoms with Gasteiger partial charge in [-0.2, -0.15) is 0 Å². The fourth-order valence-corrected chi connectivity index (χ4v) is 2.90. The predicted octanol–water partition coefficient (Wildman–Crippen LogP) is 3.92. The van der Waals surface area contributed by atoms with Crippen LogP contribution in [0, 0.1) is 0 Å². The quantitative estimate of drug-likeness (QED) is 0.627. The third-order valence-electron chi connectivity index (χ3n) is 3.75. The Morgan fingerprint density at radius 3 is 2.56 bits per heavy atom. The molecule has 0 N–H and O–H groups in total. The molecular weight excluding hydrogens is 340 g/mol. The number of nitrogens with zero attached hydrogens (tertiary/aromatic N) is 2. The predicted molar refractivity (Wildman–Crippen MR) is 99.2 cm³/mol. The third-order valence-corrected chi connectivity index (χ3v) is 3.99. The van der Waals surface area contributed by atoms with Crippen LogP contribution in [0.15, 0.2) is 47.3 Å². The molecule has 0 spiro atoms. The number of alkyl halides is 1. The lowest BCUT2D eigenvalue weighted by Gasteiger charge is -2.17. The molecule has 3 rings (SSSR count). The van der Waals surface area contributed by atoms with Crippen LogP contribution in [0.4, 0.5) is 0 Å². The van der Waals surface area contributed by atoms with Crippen molar-refractivity contribution in [2.75, 3.05) is 13.2 Å². The minimum atomic E-state index is -0.184. The van der Waals surface area contributed by atoms with E-state index in [1.807, 2.05) is 32.0 Å². The summed E-state index contributed by atoms with van der Waals surface area (Å²) < 4.78 is 12.8. The lowest BCUT2D eigenvalue weighted by atomic mass is 10.2. The second kappa shape index (κ2) is 7.57. The molecule has 0 saturated carbocycles. The minimum Gasteiger partial charge on any atom is -0.494 e. The maximum absolute atomic E-state index is 13.1. The van der Waals surface area contributed by atoms with Crippen molar-refractivity contribution in [1.29, 1.82) is 0 Å². The van der Waals surface area contributed by atoms with Crippen LogP contribution in [0.1, 0.15) is 19.7 Å². The Hall–Kier alpha value is -2.53. The van der Waals surface area contributed by atoms with Crippen LogP contribution in [-0.4, -0.2) is 22.8 Å². The van der Waals surface area contributed by atoms with E-state index >= 15 is 0 Å². The number of aromatic nitrogens is 2. The van der Waals surface area contributed by atoms with E-state index in [9.17, 15) is 4.79 Å². The normalized spacial score (nSPS) is 10.8. The molecule has 0 amide bonds. The van der Waals surface area contributed by atoms with Crippen molar-refractivity contribution >= 4 is 22.5 Å². The highest BCUT2D eigenvalue weighted by Gasteiger charge is 2.16. The molecule has 0 aliphatic heterocycles. The maximum atomic E-state index is 13.1. The molecule has 0 aliphatic rings. The van der Waals surface area contributed by atoms with Gasteiger partial charge in [0.05, 0.1) is 35.7 Å². The fourth-order valence-electron chi connectivity index (χ4n) is 2.72. The number of halogens is 1. The molecule has 0 saturated heterocycles. The highest BCUT2D eigenvalue weighted by Crippen LogP contribution is 2.28. The molecule has 25 heavy (non-hydrogen) atoms. The Balaban J connectivity index is 2.32. The van der Waals surface area contributed by atoms with Gasteiger partial charge < -0.3 is 9.47 Å². The molecular formula is C19H19ClN2O3. The standard InChI is InChI=1S/C19H19ClN2O3/c1-3-24-13-9-10-17(25-4-2)16(11-13)22-18(12-20)21-15-8-6-5-7-14(15)19(22)23/h5-11H,3-4,12H2,1-2H3. The van der Waals surface area contributed by atoms with Crippen LogP contribution >= 0.6 is 11.6 Å². The summed E-state index contributed by atoms with van der Waals surface area (Å²) in [4.78, 5) is 17.6. The van der Waals surface area contributed by atoms with Gasteiger partial charge in [-0.25, -0.2) is 4.98 Å². The molecule has 130 valence electrons. The second-order valence-corrected chi connectivity index (χ2v) is 5.58. The molecule has 5 nitrogen and oxygen atoms in total. The van der Waals surface area contributed by atoms with Crippen LogP contribution in [0.2, 0.25) is 0 Å². The monoisotopic (exact) mass is 358 g/mol. The topological polar surface area (TPSA) is 53.4 Å². The van der Waals surface area contributed by atoms with Gasteiger partial charge in [-0.3, -0.25) is 9.36 Å². The van der Waals surface area contributed by atoms with Crippen molar-refractivity contribution in [2.24, 2.45) is 0 Å². The van der Waals surface area contributed by atoms with E-state index in [1.54, 1.807) is 24.3 Å². The molecule has 2 aromatic carbocycles. The van der Waals surface area contributed by atoms with Crippen molar-refractivity contribution in [2.45, 2.75) is 19.7 Å². The van der Waals surface area contributed by atoms with Gasteiger partial charge in [0.1, 0.15) is 17.3 Å². The zero-order chi connectivity index (χ0) is 17.8. The zero-order valence-corrected chi connectivity index (χ0v) is 14.9. The first-order valence-electron chi connectivity index (χ1n) is 8.16. The van der Waals surface area contributed by atoms with Crippen molar-refractivity contribution < 1.29 is 9.47 Å². The van der Waals surface area contributed by atoms with Crippen LogP contribution in [0.5, 0.6) is 11.5 Å². The largest absolute Gasteiger partial charge is 0.494 e. The molecule has 1 heterocycles. The van der Waals surface area contributed by atoms with Gasteiger partial charge in [-0.05, 0) is 38.1 Å². The average molecular weight is 359 g/mol. The number of hydrogen-bond donors (Lipinski definition) is 0. The first-order chi connectivity index (χ1) is 12.2. The van der Waals surface area contributed by atoms with Crippen LogP contribution < -0.4 is 15.0 Å². The summed E-state index contributed by atoms with van der Waals surface area (Å²) >= 11 is 6.09. The average Bonchev–Trinajstić information content (AvgIpc) is 2.63. The van der Waals surface area contributed by atoms with Gasteiger partial charge >= 0.3 is 0 Å². The van der Waals surface area contributed by atoms with E-state index in [4.69, 9.17) is 21.1 Å². The van der Waals surface area contributed by atoms with E-state index in [1.165, 1.54) is 4.57 Å². The molecule has 1 aromatic heterocycles. The van der Waals surface area contributed by atoms with Crippen LogP contribution in [0.25, 0.3) is 16.6 Å². The second-order valence-electron chi connectivity index (χ2n) is 5.31. The number of fused-ring (bicyclic) bond motifs is 1. The summed E-state index contributed by atoms with van der Waals surface area (Å²) in [5.74, 6) is 1.79. The number of para-hydroxylation sites is 1. The number of hydrogen-bond acceptors (Lipinski definition) is 4. The van der Waals surface area contributed by atoms with Gasteiger partial charge in [-0.15, -0.1) is 11.6 Å². The summed E-state index contributed by atoms with van der Waals surface area (Å²) in [6.07, 6.45) is 0. The minimum absolute atomic E-state index is 0.102. The summed E-state index contributed by atoms with van der Waals surface area (Å²) in [5, 5.41) is 0.528.